The normalized spacial score (nSPS) is 14.4. The number of fused-ring (bicyclic) bond motifs is 3. The predicted octanol–water partition coefficient (Wildman–Crippen LogP) is -0.775. The monoisotopic (exact) mass is 234 g/mol. The maximum atomic E-state index is 11.8. The predicted molar refractivity (Wildman–Crippen MR) is 62.3 cm³/mol. The first kappa shape index (κ1) is 9.82. The van der Waals surface area contributed by atoms with E-state index in [1.807, 2.05) is 6.92 Å². The Labute approximate surface area is 94.6 Å². The Morgan fingerprint density at radius 1 is 1.35 bits per heavy atom. The lowest BCUT2D eigenvalue weighted by Gasteiger charge is -2.12. The van der Waals surface area contributed by atoms with Crippen molar-refractivity contribution in [3.8, 4) is 0 Å². The summed E-state index contributed by atoms with van der Waals surface area (Å²) in [5, 5.41) is 4.03. The lowest BCUT2D eigenvalue weighted by molar-refractivity contribution is 0.820. The summed E-state index contributed by atoms with van der Waals surface area (Å²) in [7, 11) is 1.56. The molecule has 0 fully saturated rings. The fourth-order valence-corrected chi connectivity index (χ4v) is 1.88. The third kappa shape index (κ3) is 1.23. The fraction of sp³-hybridized carbons (Fsp3) is 0.333. The van der Waals surface area contributed by atoms with Gasteiger partial charge in [0.25, 0.3) is 5.56 Å². The molecule has 2 N–H and O–H groups in total. The molecule has 0 amide bonds. The summed E-state index contributed by atoms with van der Waals surface area (Å²) in [6.07, 6.45) is 0. The number of nitrogens with one attached hydrogen (secondary N) is 2. The fourth-order valence-electron chi connectivity index (χ4n) is 1.88. The van der Waals surface area contributed by atoms with Crippen LogP contribution in [0.4, 0.5) is 5.95 Å². The quantitative estimate of drug-likeness (QED) is 0.625. The van der Waals surface area contributed by atoms with E-state index >= 15 is 0 Å². The number of H-pyrrole nitrogens is 1. The van der Waals surface area contributed by atoms with Crippen molar-refractivity contribution in [3.63, 3.8) is 0 Å². The van der Waals surface area contributed by atoms with E-state index in [-0.39, 0.29) is 0 Å². The van der Waals surface area contributed by atoms with Crippen LogP contribution >= 0.6 is 0 Å². The van der Waals surface area contributed by atoms with E-state index in [9.17, 15) is 9.59 Å². The highest BCUT2D eigenvalue weighted by atomic mass is 16.2. The molecule has 1 aliphatic rings. The molecule has 0 unspecified atom stereocenters. The van der Waals surface area contributed by atoms with Crippen LogP contribution < -0.4 is 16.7 Å². The Bertz CT molecular complexity index is 762. The van der Waals surface area contributed by atoms with Gasteiger partial charge in [0.1, 0.15) is 0 Å². The Hall–Kier alpha value is -2.38. The van der Waals surface area contributed by atoms with Crippen LogP contribution in [0, 0.1) is 0 Å². The first-order valence-corrected chi connectivity index (χ1v) is 5.06. The van der Waals surface area contributed by atoms with Gasteiger partial charge >= 0.3 is 5.69 Å². The molecule has 0 saturated carbocycles. The lowest BCUT2D eigenvalue weighted by Crippen LogP contribution is -2.29. The summed E-state index contributed by atoms with van der Waals surface area (Å²) in [6, 6.07) is 0. The second-order valence-electron chi connectivity index (χ2n) is 3.97. The zero-order chi connectivity index (χ0) is 12.2. The van der Waals surface area contributed by atoms with Crippen LogP contribution in [-0.4, -0.2) is 24.8 Å². The molecule has 0 aliphatic carbocycles. The molecule has 3 rings (SSSR count). The van der Waals surface area contributed by atoms with Gasteiger partial charge in [-0.05, 0) is 6.92 Å². The number of anilines is 1. The summed E-state index contributed by atoms with van der Waals surface area (Å²) in [4.78, 5) is 29.7. The first-order valence-electron chi connectivity index (χ1n) is 5.06. The number of hydrogen-bond donors (Lipinski definition) is 2. The second-order valence-corrected chi connectivity index (χ2v) is 3.97. The number of hydrogen-bond acceptors (Lipinski definition) is 5. The van der Waals surface area contributed by atoms with Gasteiger partial charge in [-0.2, -0.15) is 10.1 Å². The molecule has 0 radical (unpaired) electrons. The van der Waals surface area contributed by atoms with Gasteiger partial charge in [0, 0.05) is 7.05 Å². The van der Waals surface area contributed by atoms with Crippen LogP contribution in [0.2, 0.25) is 0 Å². The van der Waals surface area contributed by atoms with E-state index in [0.717, 1.165) is 5.71 Å². The molecule has 8 nitrogen and oxygen atoms in total. The van der Waals surface area contributed by atoms with Crippen LogP contribution in [0.1, 0.15) is 6.92 Å². The van der Waals surface area contributed by atoms with E-state index in [2.05, 4.69) is 20.5 Å². The van der Waals surface area contributed by atoms with Crippen molar-refractivity contribution in [2.75, 3.05) is 5.43 Å². The van der Waals surface area contributed by atoms with E-state index in [4.69, 9.17) is 0 Å². The topological polar surface area (TPSA) is 97.1 Å². The maximum Gasteiger partial charge on any atom is 0.329 e. The van der Waals surface area contributed by atoms with Crippen molar-refractivity contribution in [2.45, 2.75) is 13.5 Å². The molecule has 0 aromatic carbocycles. The first-order chi connectivity index (χ1) is 8.08. The highest BCUT2D eigenvalue weighted by Crippen LogP contribution is 2.17. The number of aryl methyl sites for hydroxylation is 1. The van der Waals surface area contributed by atoms with Crippen molar-refractivity contribution in [2.24, 2.45) is 12.1 Å². The molecular weight excluding hydrogens is 224 g/mol. The number of imidazole rings is 1. The van der Waals surface area contributed by atoms with E-state index in [0.29, 0.717) is 23.7 Å². The molecule has 88 valence electrons. The largest absolute Gasteiger partial charge is 0.329 e. The minimum atomic E-state index is -0.476. The van der Waals surface area contributed by atoms with Gasteiger partial charge in [0.15, 0.2) is 11.2 Å². The molecule has 2 aromatic rings. The molecule has 3 heterocycles. The number of aromatic amines is 1. The van der Waals surface area contributed by atoms with E-state index in [1.165, 1.54) is 4.57 Å². The van der Waals surface area contributed by atoms with Crippen molar-refractivity contribution in [3.05, 3.63) is 20.8 Å². The number of nitrogens with zero attached hydrogens (tertiary/aromatic N) is 4. The van der Waals surface area contributed by atoms with Gasteiger partial charge in [-0.25, -0.2) is 10.2 Å². The standard InChI is InChI=1S/C9H10N6O2/c1-4-3-15-5-6(10-8(15)13-12-4)14(2)9(17)11-7(5)16/h3H2,1-2H3,(H,10,13)(H,11,16,17). The van der Waals surface area contributed by atoms with Crippen molar-refractivity contribution >= 4 is 22.8 Å². The second kappa shape index (κ2) is 3.06. The summed E-state index contributed by atoms with van der Waals surface area (Å²) >= 11 is 0. The molecule has 1 aliphatic heterocycles. The Kier molecular flexibility index (Phi) is 1.77. The molecule has 0 spiro atoms. The van der Waals surface area contributed by atoms with Gasteiger partial charge in [0.05, 0.1) is 12.3 Å². The molecular formula is C9H10N6O2. The third-order valence-corrected chi connectivity index (χ3v) is 2.74. The zero-order valence-corrected chi connectivity index (χ0v) is 9.31. The van der Waals surface area contributed by atoms with Gasteiger partial charge in [-0.15, -0.1) is 0 Å². The highest BCUT2D eigenvalue weighted by Gasteiger charge is 2.19. The molecule has 2 aromatic heterocycles. The van der Waals surface area contributed by atoms with Crippen LogP contribution in [0.15, 0.2) is 14.7 Å². The molecule has 0 bridgehead atoms. The van der Waals surface area contributed by atoms with Crippen molar-refractivity contribution in [1.82, 2.24) is 19.1 Å². The van der Waals surface area contributed by atoms with Gasteiger partial charge < -0.3 is 0 Å². The zero-order valence-electron chi connectivity index (χ0n) is 9.31. The Morgan fingerprint density at radius 3 is 2.88 bits per heavy atom. The minimum Gasteiger partial charge on any atom is -0.297 e. The highest BCUT2D eigenvalue weighted by molar-refractivity contribution is 5.87. The van der Waals surface area contributed by atoms with Gasteiger partial charge in [-0.1, -0.05) is 0 Å². The Morgan fingerprint density at radius 2 is 2.12 bits per heavy atom. The average Bonchev–Trinajstić information content (AvgIpc) is 2.65. The van der Waals surface area contributed by atoms with Crippen LogP contribution in [0.3, 0.4) is 0 Å². The smallest absolute Gasteiger partial charge is 0.297 e. The molecule has 0 saturated heterocycles. The number of rotatable bonds is 0. The van der Waals surface area contributed by atoms with E-state index < -0.39 is 11.2 Å². The van der Waals surface area contributed by atoms with Crippen molar-refractivity contribution in [1.29, 1.82) is 0 Å². The molecule has 8 heteroatoms. The molecule has 17 heavy (non-hydrogen) atoms. The van der Waals surface area contributed by atoms with Crippen LogP contribution in [-0.2, 0) is 13.6 Å². The van der Waals surface area contributed by atoms with Crippen molar-refractivity contribution < 1.29 is 0 Å². The summed E-state index contributed by atoms with van der Waals surface area (Å²) < 4.78 is 3.01. The van der Waals surface area contributed by atoms with Crippen LogP contribution in [0.5, 0.6) is 0 Å². The summed E-state index contributed by atoms with van der Waals surface area (Å²) in [5.74, 6) is 0.470. The van der Waals surface area contributed by atoms with E-state index in [1.54, 1.807) is 11.6 Å². The summed E-state index contributed by atoms with van der Waals surface area (Å²) in [6.45, 7) is 2.33. The SMILES string of the molecule is CC1=NNc2nc3c(c(=O)[nH]c(=O)n3C)n2C1. The number of hydrazone groups is 1. The maximum absolute atomic E-state index is 11.8. The minimum absolute atomic E-state index is 0.353. The third-order valence-electron chi connectivity index (χ3n) is 2.74. The average molecular weight is 234 g/mol. The lowest BCUT2D eigenvalue weighted by atomic mass is 10.4. The Balaban J connectivity index is 2.47. The van der Waals surface area contributed by atoms with Gasteiger partial charge in [0.2, 0.25) is 5.95 Å². The molecule has 0 atom stereocenters. The number of aromatic nitrogens is 4. The van der Waals surface area contributed by atoms with Gasteiger partial charge in [-0.3, -0.25) is 18.9 Å². The van der Waals surface area contributed by atoms with Crippen LogP contribution in [0.25, 0.3) is 11.2 Å². The summed E-state index contributed by atoms with van der Waals surface area (Å²) in [5.41, 5.74) is 3.41.